The minimum absolute atomic E-state index is 0.140. The zero-order chi connectivity index (χ0) is 26.8. The van der Waals surface area contributed by atoms with Crippen LogP contribution in [-0.2, 0) is 4.74 Å². The molecule has 38 heavy (non-hydrogen) atoms. The summed E-state index contributed by atoms with van der Waals surface area (Å²) in [6.07, 6.45) is 1.53. The number of nitro groups is 1. The largest absolute Gasteiger partial charge is 0.465 e. The van der Waals surface area contributed by atoms with Crippen molar-refractivity contribution in [1.29, 1.82) is 0 Å². The van der Waals surface area contributed by atoms with E-state index in [0.29, 0.717) is 22.2 Å². The summed E-state index contributed by atoms with van der Waals surface area (Å²) in [5.74, 6) is -1.40. The van der Waals surface area contributed by atoms with E-state index in [1.165, 1.54) is 43.6 Å². The first-order chi connectivity index (χ1) is 18.4. The molecule has 0 atom stereocenters. The number of carbonyl (C=O) groups is 3. The summed E-state index contributed by atoms with van der Waals surface area (Å²) >= 11 is 0. The first-order valence-electron chi connectivity index (χ1n) is 11.6. The van der Waals surface area contributed by atoms with Crippen molar-refractivity contribution in [3.63, 3.8) is 0 Å². The number of pyridine rings is 1. The van der Waals surface area contributed by atoms with Gasteiger partial charge in [0.1, 0.15) is 5.69 Å². The van der Waals surface area contributed by atoms with Crippen LogP contribution in [-0.4, -0.2) is 34.0 Å². The molecule has 0 unspecified atom stereocenters. The number of non-ortho nitro benzene ring substituents is 1. The molecular weight excluding hydrogens is 484 g/mol. The summed E-state index contributed by atoms with van der Waals surface area (Å²) in [6, 6.07) is 25.8. The molecule has 0 N–H and O–H groups in total. The van der Waals surface area contributed by atoms with Gasteiger partial charge in [-0.05, 0) is 17.7 Å². The summed E-state index contributed by atoms with van der Waals surface area (Å²) in [4.78, 5) is 51.4. The van der Waals surface area contributed by atoms with Crippen LogP contribution in [0.3, 0.4) is 0 Å². The van der Waals surface area contributed by atoms with Gasteiger partial charge in [-0.2, -0.15) is 0 Å². The molecule has 0 amide bonds. The monoisotopic (exact) mass is 504 g/mol. The Labute approximate surface area is 216 Å². The van der Waals surface area contributed by atoms with Crippen molar-refractivity contribution in [2.45, 2.75) is 0 Å². The van der Waals surface area contributed by atoms with Gasteiger partial charge in [0.15, 0.2) is 5.78 Å². The van der Waals surface area contributed by atoms with Crippen LogP contribution in [0.25, 0.3) is 16.6 Å². The average molecular weight is 504 g/mol. The number of hydrogen-bond donors (Lipinski definition) is 0. The van der Waals surface area contributed by atoms with E-state index in [4.69, 9.17) is 4.74 Å². The van der Waals surface area contributed by atoms with Gasteiger partial charge >= 0.3 is 5.97 Å². The quantitative estimate of drug-likeness (QED) is 0.121. The number of aromatic nitrogens is 1. The van der Waals surface area contributed by atoms with Crippen molar-refractivity contribution in [3.05, 3.63) is 141 Å². The van der Waals surface area contributed by atoms with E-state index in [0.717, 1.165) is 0 Å². The molecule has 186 valence electrons. The molecule has 0 bridgehead atoms. The number of ketones is 2. The number of fused-ring (bicyclic) bond motifs is 1. The zero-order valence-corrected chi connectivity index (χ0v) is 20.2. The Hall–Kier alpha value is -5.37. The first kappa shape index (κ1) is 24.3. The highest BCUT2D eigenvalue weighted by molar-refractivity contribution is 6.23. The summed E-state index contributed by atoms with van der Waals surface area (Å²) in [7, 11) is 1.25. The third-order valence-electron chi connectivity index (χ3n) is 6.22. The lowest BCUT2D eigenvalue weighted by molar-refractivity contribution is -0.384. The number of nitrogens with zero attached hydrogens (tertiary/aromatic N) is 2. The van der Waals surface area contributed by atoms with Crippen LogP contribution in [0.1, 0.15) is 42.3 Å². The number of benzene rings is 3. The maximum atomic E-state index is 14.0. The van der Waals surface area contributed by atoms with Gasteiger partial charge in [-0.3, -0.25) is 19.7 Å². The number of ether oxygens (including phenoxy) is 1. The molecule has 0 aliphatic rings. The van der Waals surface area contributed by atoms with Crippen molar-refractivity contribution in [2.24, 2.45) is 0 Å². The second-order valence-electron chi connectivity index (χ2n) is 8.46. The smallest absolute Gasteiger partial charge is 0.337 e. The summed E-state index contributed by atoms with van der Waals surface area (Å²) < 4.78 is 6.42. The number of rotatable bonds is 7. The van der Waals surface area contributed by atoms with Crippen molar-refractivity contribution in [2.75, 3.05) is 7.11 Å². The molecule has 5 rings (SSSR count). The molecule has 0 spiro atoms. The molecule has 8 nitrogen and oxygen atoms in total. The third-order valence-corrected chi connectivity index (χ3v) is 6.22. The van der Waals surface area contributed by atoms with Crippen LogP contribution >= 0.6 is 0 Å². The fourth-order valence-electron chi connectivity index (χ4n) is 4.47. The summed E-state index contributed by atoms with van der Waals surface area (Å²) in [5, 5.41) is 11.6. The normalized spacial score (nSPS) is 10.8. The lowest BCUT2D eigenvalue weighted by atomic mass is 9.92. The number of carbonyl (C=O) groups excluding carboxylic acids is 3. The number of nitro benzene ring substituents is 1. The topological polar surface area (TPSA) is 108 Å². The number of hydrogen-bond acceptors (Lipinski definition) is 6. The molecule has 0 saturated carbocycles. The van der Waals surface area contributed by atoms with Crippen molar-refractivity contribution >= 4 is 28.7 Å². The highest BCUT2D eigenvalue weighted by Crippen LogP contribution is 2.38. The molecule has 3 aromatic carbocycles. The van der Waals surface area contributed by atoms with Crippen LogP contribution in [0.2, 0.25) is 0 Å². The van der Waals surface area contributed by atoms with Gasteiger partial charge < -0.3 is 9.14 Å². The van der Waals surface area contributed by atoms with Gasteiger partial charge in [0.25, 0.3) is 5.69 Å². The minimum atomic E-state index is -0.611. The molecule has 2 heterocycles. The van der Waals surface area contributed by atoms with Gasteiger partial charge in [0.05, 0.1) is 28.7 Å². The van der Waals surface area contributed by atoms with E-state index in [9.17, 15) is 24.5 Å². The average Bonchev–Trinajstić information content (AvgIpc) is 3.31. The molecular formula is C30H20N2O6. The molecule has 0 aliphatic heterocycles. The standard InChI is InChI=1S/C30H20N2O6/c1-38-30(35)22-15-16-31-24(18-22)26(28(33)19-9-4-2-5-10-19)25(21-13-8-14-23(17-21)32(36)37)27(31)29(34)20-11-6-3-7-12-20/h2-18H,1H3. The summed E-state index contributed by atoms with van der Waals surface area (Å²) in [5.41, 5.74) is 1.85. The Bertz CT molecular complexity index is 1720. The Balaban J connectivity index is 1.92. The predicted molar refractivity (Wildman–Crippen MR) is 141 cm³/mol. The highest BCUT2D eigenvalue weighted by atomic mass is 16.6. The van der Waals surface area contributed by atoms with Crippen LogP contribution in [0.5, 0.6) is 0 Å². The van der Waals surface area contributed by atoms with E-state index in [2.05, 4.69) is 0 Å². The molecule has 0 radical (unpaired) electrons. The third kappa shape index (κ3) is 4.24. The summed E-state index contributed by atoms with van der Waals surface area (Å²) in [6.45, 7) is 0. The Morgan fingerprint density at radius 1 is 0.763 bits per heavy atom. The van der Waals surface area contributed by atoms with Gasteiger partial charge in [-0.25, -0.2) is 4.79 Å². The fourth-order valence-corrected chi connectivity index (χ4v) is 4.47. The second-order valence-corrected chi connectivity index (χ2v) is 8.46. The van der Waals surface area contributed by atoms with Crippen LogP contribution in [0.4, 0.5) is 5.69 Å². The van der Waals surface area contributed by atoms with Crippen molar-refractivity contribution in [3.8, 4) is 11.1 Å². The zero-order valence-electron chi connectivity index (χ0n) is 20.2. The molecule has 0 fully saturated rings. The molecule has 5 aromatic rings. The van der Waals surface area contributed by atoms with E-state index < -0.39 is 16.7 Å². The SMILES string of the molecule is COC(=O)c1ccn2c(C(=O)c3ccccc3)c(-c3cccc([N+](=O)[O-])c3)c(C(=O)c3ccccc3)c2c1. The number of esters is 1. The number of methoxy groups -OCH3 is 1. The minimum Gasteiger partial charge on any atom is -0.465 e. The Morgan fingerprint density at radius 2 is 1.39 bits per heavy atom. The van der Waals surface area contributed by atoms with Gasteiger partial charge in [-0.15, -0.1) is 0 Å². The van der Waals surface area contributed by atoms with Crippen molar-refractivity contribution < 1.29 is 24.0 Å². The van der Waals surface area contributed by atoms with E-state index in [1.807, 2.05) is 0 Å². The van der Waals surface area contributed by atoms with Crippen LogP contribution in [0, 0.1) is 10.1 Å². The molecule has 8 heteroatoms. The van der Waals surface area contributed by atoms with E-state index >= 15 is 0 Å². The van der Waals surface area contributed by atoms with Crippen LogP contribution in [0.15, 0.2) is 103 Å². The highest BCUT2D eigenvalue weighted by Gasteiger charge is 2.30. The maximum absolute atomic E-state index is 14.0. The fraction of sp³-hybridized carbons (Fsp3) is 0.0333. The lowest BCUT2D eigenvalue weighted by Crippen LogP contribution is -2.08. The Kier molecular flexibility index (Phi) is 6.37. The van der Waals surface area contributed by atoms with Crippen molar-refractivity contribution in [1.82, 2.24) is 4.40 Å². The second kappa shape index (κ2) is 9.94. The molecule has 2 aromatic heterocycles. The van der Waals surface area contributed by atoms with E-state index in [1.54, 1.807) is 71.1 Å². The maximum Gasteiger partial charge on any atom is 0.337 e. The van der Waals surface area contributed by atoms with Gasteiger partial charge in [0, 0.05) is 35.0 Å². The molecule has 0 saturated heterocycles. The van der Waals surface area contributed by atoms with E-state index in [-0.39, 0.29) is 33.9 Å². The predicted octanol–water partition coefficient (Wildman–Crippen LogP) is 5.76. The Morgan fingerprint density at radius 3 is 2.00 bits per heavy atom. The van der Waals surface area contributed by atoms with Crippen LogP contribution < -0.4 is 0 Å². The first-order valence-corrected chi connectivity index (χ1v) is 11.6. The lowest BCUT2D eigenvalue weighted by Gasteiger charge is -2.09. The van der Waals surface area contributed by atoms with Gasteiger partial charge in [0.2, 0.25) is 5.78 Å². The molecule has 0 aliphatic carbocycles. The van der Waals surface area contributed by atoms with Gasteiger partial charge in [-0.1, -0.05) is 72.8 Å².